The molecule has 1 saturated heterocycles. The maximum absolute atomic E-state index is 11.8. The number of thiazole rings is 1. The number of hydrogen-bond donors (Lipinski definition) is 0. The lowest BCUT2D eigenvalue weighted by atomic mass is 9.86. The van der Waals surface area contributed by atoms with Gasteiger partial charge in [-0.25, -0.2) is 4.98 Å². The molecule has 1 aromatic heterocycles. The van der Waals surface area contributed by atoms with Crippen LogP contribution in [0.15, 0.2) is 89.3 Å². The summed E-state index contributed by atoms with van der Waals surface area (Å²) in [6.45, 7) is 8.92. The third kappa shape index (κ3) is 9.18. The molecule has 4 aromatic carbocycles. The summed E-state index contributed by atoms with van der Waals surface area (Å²) >= 11 is 3.54. The number of amides is 1. The van der Waals surface area contributed by atoms with E-state index in [0.717, 1.165) is 50.2 Å². The van der Waals surface area contributed by atoms with Crippen LogP contribution in [0, 0.1) is 0 Å². The average Bonchev–Trinajstić information content (AvgIpc) is 3.50. The number of carbonyl (C=O) groups excluding carboxylic acids is 1. The molecule has 0 N–H and O–H groups in total. The van der Waals surface area contributed by atoms with Crippen molar-refractivity contribution in [2.45, 2.75) is 61.5 Å². The average molecular weight is 700 g/mol. The Morgan fingerprint density at radius 3 is 2.60 bits per heavy atom. The summed E-state index contributed by atoms with van der Waals surface area (Å²) < 4.78 is 20.8. The molecule has 6 rings (SSSR count). The number of carboxylic acid groups (broad SMARTS) is 1. The van der Waals surface area contributed by atoms with Crippen LogP contribution in [0.2, 0.25) is 25.7 Å². The van der Waals surface area contributed by atoms with Crippen molar-refractivity contribution < 1.29 is 24.1 Å². The van der Waals surface area contributed by atoms with Crippen molar-refractivity contribution in [3.05, 3.63) is 102 Å². The number of aryl methyl sites for hydroxylation is 1. The highest BCUT2D eigenvalue weighted by atomic mass is 32.2. The van der Waals surface area contributed by atoms with Gasteiger partial charge in [-0.05, 0) is 65.2 Å². The fourth-order valence-corrected chi connectivity index (χ4v) is 8.90. The van der Waals surface area contributed by atoms with E-state index in [1.165, 1.54) is 20.7 Å². The fraction of sp³-hybridized carbons (Fsp3) is 0.368. The maximum atomic E-state index is 11.8. The monoisotopic (exact) mass is 699 g/mol. The zero-order chi connectivity index (χ0) is 33.5. The van der Waals surface area contributed by atoms with Gasteiger partial charge in [-0.15, -0.1) is 11.3 Å². The lowest BCUT2D eigenvalue weighted by molar-refractivity contribution is -0.268. The van der Waals surface area contributed by atoms with Gasteiger partial charge < -0.3 is 29.0 Å². The smallest absolute Gasteiger partial charge is 0.189 e. The minimum Gasteiger partial charge on any atom is -0.530 e. The Balaban J connectivity index is 1.10. The van der Waals surface area contributed by atoms with Crippen LogP contribution >= 0.6 is 23.1 Å². The first kappa shape index (κ1) is 34.4. The zero-order valence-corrected chi connectivity index (χ0v) is 30.5. The van der Waals surface area contributed by atoms with Crippen LogP contribution in [0.25, 0.3) is 21.0 Å². The molecule has 0 radical (unpaired) electrons. The molecular formula is C38H43N2O5S2Si-. The van der Waals surface area contributed by atoms with Crippen LogP contribution in [-0.2, 0) is 22.5 Å². The lowest BCUT2D eigenvalue weighted by Crippen LogP contribution is -2.51. The minimum absolute atomic E-state index is 0.0720. The second kappa shape index (κ2) is 15.9. The highest BCUT2D eigenvalue weighted by Crippen LogP contribution is 2.34. The standard InChI is InChI=1S/C38H44N2O5S2Si/c1-48(2,3)21-19-43-26-45-34-23-28(22-30-8-4-5-9-31(30)34)25-44-35-24-40(38(41)42)18-16-32(35)29-14-12-27(13-15-29)17-20-46-37-39-33-10-6-7-11-36(33)47-37/h4-15,22-23,32,35H,16-21,24-26H2,1-3H3,(H,41,42)/p-1. The maximum Gasteiger partial charge on any atom is 0.189 e. The Morgan fingerprint density at radius 1 is 1.02 bits per heavy atom. The Labute approximate surface area is 292 Å². The second-order valence-corrected chi connectivity index (χ2v) is 21.5. The summed E-state index contributed by atoms with van der Waals surface area (Å²) in [5.41, 5.74) is 4.46. The van der Waals surface area contributed by atoms with Crippen LogP contribution in [0.5, 0.6) is 5.75 Å². The van der Waals surface area contributed by atoms with Gasteiger partial charge in [-0.3, -0.25) is 0 Å². The Kier molecular flexibility index (Phi) is 11.4. The number of aromatic nitrogens is 1. The van der Waals surface area contributed by atoms with Gasteiger partial charge in [0.15, 0.2) is 11.1 Å². The van der Waals surface area contributed by atoms with Gasteiger partial charge >= 0.3 is 0 Å². The predicted octanol–water partition coefficient (Wildman–Crippen LogP) is 8.19. The normalized spacial score (nSPS) is 16.9. The van der Waals surface area contributed by atoms with E-state index in [1.54, 1.807) is 23.1 Å². The molecule has 252 valence electrons. The van der Waals surface area contributed by atoms with E-state index < -0.39 is 14.2 Å². The topological polar surface area (TPSA) is 84.0 Å². The van der Waals surface area contributed by atoms with Crippen LogP contribution in [-0.4, -0.2) is 62.4 Å². The molecule has 0 saturated carbocycles. The molecule has 0 spiro atoms. The van der Waals surface area contributed by atoms with E-state index in [0.29, 0.717) is 26.2 Å². The highest BCUT2D eigenvalue weighted by Gasteiger charge is 2.31. The quantitative estimate of drug-likeness (QED) is 0.0500. The van der Waals surface area contributed by atoms with Gasteiger partial charge in [-0.1, -0.05) is 92.1 Å². The van der Waals surface area contributed by atoms with E-state index in [1.807, 2.05) is 24.3 Å². The van der Waals surface area contributed by atoms with Crippen molar-refractivity contribution in [3.63, 3.8) is 0 Å². The zero-order valence-electron chi connectivity index (χ0n) is 27.9. The Hall–Kier alpha value is -3.41. The molecule has 1 amide bonds. The lowest BCUT2D eigenvalue weighted by Gasteiger charge is -2.40. The molecule has 7 nitrogen and oxygen atoms in total. The van der Waals surface area contributed by atoms with E-state index in [4.69, 9.17) is 19.2 Å². The van der Waals surface area contributed by atoms with Crippen LogP contribution in [0.3, 0.4) is 0 Å². The van der Waals surface area contributed by atoms with Crippen molar-refractivity contribution >= 4 is 58.3 Å². The summed E-state index contributed by atoms with van der Waals surface area (Å²) in [5.74, 6) is 1.78. The van der Waals surface area contributed by atoms with Crippen LogP contribution < -0.4 is 9.84 Å². The first-order valence-electron chi connectivity index (χ1n) is 16.6. The first-order chi connectivity index (χ1) is 23.2. The number of piperidine rings is 1. The second-order valence-electron chi connectivity index (χ2n) is 13.5. The van der Waals surface area contributed by atoms with Gasteiger partial charge in [-0.2, -0.15) is 0 Å². The number of thioether (sulfide) groups is 1. The number of fused-ring (bicyclic) bond motifs is 2. The Bertz CT molecular complexity index is 1790. The molecule has 1 aliphatic heterocycles. The number of nitrogens with zero attached hydrogens (tertiary/aromatic N) is 2. The molecule has 0 aliphatic carbocycles. The number of likely N-dealkylation sites (tertiary alicyclic amines) is 1. The van der Waals surface area contributed by atoms with Crippen molar-refractivity contribution in [1.29, 1.82) is 0 Å². The third-order valence-corrected chi connectivity index (χ3v) is 12.6. The molecular weight excluding hydrogens is 657 g/mol. The number of para-hydroxylation sites is 1. The number of carbonyl (C=O) groups is 1. The summed E-state index contributed by atoms with van der Waals surface area (Å²) in [5, 5.41) is 13.9. The van der Waals surface area contributed by atoms with Gasteiger partial charge in [0.2, 0.25) is 0 Å². The molecule has 5 aromatic rings. The van der Waals surface area contributed by atoms with Gasteiger partial charge in [0.1, 0.15) is 11.8 Å². The molecule has 2 atom stereocenters. The van der Waals surface area contributed by atoms with E-state index in [9.17, 15) is 9.90 Å². The number of rotatable bonds is 14. The minimum atomic E-state index is -1.18. The van der Waals surface area contributed by atoms with Crippen molar-refractivity contribution in [1.82, 2.24) is 9.88 Å². The van der Waals surface area contributed by atoms with Crippen molar-refractivity contribution in [2.24, 2.45) is 0 Å². The van der Waals surface area contributed by atoms with Gasteiger partial charge in [0.25, 0.3) is 0 Å². The van der Waals surface area contributed by atoms with Crippen molar-refractivity contribution in [2.75, 3.05) is 32.2 Å². The number of ether oxygens (including phenoxy) is 3. The van der Waals surface area contributed by atoms with Crippen LogP contribution in [0.1, 0.15) is 29.0 Å². The SMILES string of the molecule is C[Si](C)(C)CCOCOc1cc(COC2CN(C(=O)[O-])CCC2c2ccc(CCSc3nc4ccccc4s3)cc2)cc2ccccc12. The van der Waals surface area contributed by atoms with E-state index in [2.05, 4.69) is 80.3 Å². The molecule has 2 heterocycles. The summed E-state index contributed by atoms with van der Waals surface area (Å²) in [6, 6.07) is 30.3. The summed E-state index contributed by atoms with van der Waals surface area (Å²) in [4.78, 5) is 17.9. The van der Waals surface area contributed by atoms with E-state index >= 15 is 0 Å². The number of hydrogen-bond acceptors (Lipinski definition) is 8. The molecule has 0 bridgehead atoms. The Morgan fingerprint density at radius 2 is 1.81 bits per heavy atom. The molecule has 1 fully saturated rings. The largest absolute Gasteiger partial charge is 0.530 e. The third-order valence-electron chi connectivity index (χ3n) is 8.76. The molecule has 1 aliphatic rings. The molecule has 48 heavy (non-hydrogen) atoms. The number of benzene rings is 4. The van der Waals surface area contributed by atoms with E-state index in [-0.39, 0.29) is 25.4 Å². The van der Waals surface area contributed by atoms with Crippen LogP contribution in [0.4, 0.5) is 4.79 Å². The molecule has 2 unspecified atom stereocenters. The van der Waals surface area contributed by atoms with Gasteiger partial charge in [0, 0.05) is 44.8 Å². The van der Waals surface area contributed by atoms with Crippen molar-refractivity contribution in [3.8, 4) is 5.75 Å². The first-order valence-corrected chi connectivity index (χ1v) is 22.1. The summed E-state index contributed by atoms with van der Waals surface area (Å²) in [7, 11) is -1.18. The highest BCUT2D eigenvalue weighted by molar-refractivity contribution is 8.01. The predicted molar refractivity (Wildman–Crippen MR) is 197 cm³/mol. The molecule has 10 heteroatoms. The summed E-state index contributed by atoms with van der Waals surface area (Å²) in [6.07, 6.45) is 0.155. The fourth-order valence-electron chi connectivity index (χ4n) is 6.02. The van der Waals surface area contributed by atoms with Gasteiger partial charge in [0.05, 0.1) is 22.9 Å².